The number of ether oxygens (including phenoxy) is 2. The molecule has 36 heavy (non-hydrogen) atoms. The molecule has 3 saturated heterocycles. The highest BCUT2D eigenvalue weighted by atomic mass is 16.5. The number of aromatic nitrogens is 2. The summed E-state index contributed by atoms with van der Waals surface area (Å²) >= 11 is 0. The fourth-order valence-corrected chi connectivity index (χ4v) is 6.75. The standard InChI is InChI=1S/C27H36N4O5/c32-25(33)24-28-29-26(36-24)31-17-27(18-31)10-5-21(15-27)30-11-6-20(7-12-30)22-3-1-2-4-23(22)35-16-19-8-13-34-14-9-19/h1-4,19-21H,5-18H2,(H,32,33). The van der Waals surface area contributed by atoms with Gasteiger partial charge in [0.1, 0.15) is 5.75 Å². The fourth-order valence-electron chi connectivity index (χ4n) is 6.75. The maximum atomic E-state index is 11.0. The Morgan fingerprint density at radius 1 is 1.08 bits per heavy atom. The van der Waals surface area contributed by atoms with E-state index in [1.54, 1.807) is 0 Å². The van der Waals surface area contributed by atoms with Crippen LogP contribution in [0, 0.1) is 11.3 Å². The molecular weight excluding hydrogens is 460 g/mol. The first-order valence-electron chi connectivity index (χ1n) is 13.4. The third-order valence-corrected chi connectivity index (χ3v) is 8.82. The maximum absolute atomic E-state index is 11.0. The molecule has 3 aliphatic heterocycles. The molecule has 0 amide bonds. The van der Waals surface area contributed by atoms with Gasteiger partial charge in [-0.3, -0.25) is 0 Å². The summed E-state index contributed by atoms with van der Waals surface area (Å²) in [6, 6.07) is 9.61. The van der Waals surface area contributed by atoms with E-state index in [1.165, 1.54) is 37.7 Å². The largest absolute Gasteiger partial charge is 0.493 e. The third kappa shape index (κ3) is 4.83. The van der Waals surface area contributed by atoms with Crippen LogP contribution in [0.5, 0.6) is 5.75 Å². The number of nitrogens with zero attached hydrogens (tertiary/aromatic N) is 4. The molecule has 1 saturated carbocycles. The van der Waals surface area contributed by atoms with Gasteiger partial charge in [0.25, 0.3) is 0 Å². The van der Waals surface area contributed by atoms with E-state index in [0.29, 0.717) is 29.3 Å². The summed E-state index contributed by atoms with van der Waals surface area (Å²) in [4.78, 5) is 15.7. The average molecular weight is 497 g/mol. The predicted octanol–water partition coefficient (Wildman–Crippen LogP) is 3.81. The molecule has 1 atom stereocenters. The molecule has 6 rings (SSSR count). The van der Waals surface area contributed by atoms with Crippen LogP contribution in [0.4, 0.5) is 6.01 Å². The van der Waals surface area contributed by atoms with Crippen LogP contribution >= 0.6 is 0 Å². The maximum Gasteiger partial charge on any atom is 0.393 e. The number of carboxylic acids is 1. The van der Waals surface area contributed by atoms with Crippen LogP contribution in [0.1, 0.15) is 67.1 Å². The highest BCUT2D eigenvalue weighted by Gasteiger charge is 2.50. The van der Waals surface area contributed by atoms with Gasteiger partial charge in [-0.2, -0.15) is 0 Å². The summed E-state index contributed by atoms with van der Waals surface area (Å²) in [6.45, 7) is 6.53. The Balaban J connectivity index is 0.997. The van der Waals surface area contributed by atoms with Crippen LogP contribution < -0.4 is 9.64 Å². The van der Waals surface area contributed by atoms with E-state index in [1.807, 2.05) is 4.90 Å². The number of piperidine rings is 1. The first-order chi connectivity index (χ1) is 17.6. The number of benzene rings is 1. The number of carboxylic acid groups (broad SMARTS) is 1. The number of carbonyl (C=O) groups is 1. The van der Waals surface area contributed by atoms with Crippen LogP contribution in [-0.2, 0) is 4.74 Å². The minimum absolute atomic E-state index is 0.296. The number of hydrogen-bond acceptors (Lipinski definition) is 8. The number of aromatic carboxylic acids is 1. The Morgan fingerprint density at radius 2 is 1.86 bits per heavy atom. The quantitative estimate of drug-likeness (QED) is 0.613. The Bertz CT molecular complexity index is 1050. The van der Waals surface area contributed by atoms with E-state index in [9.17, 15) is 4.79 Å². The van der Waals surface area contributed by atoms with Crippen molar-refractivity contribution in [1.82, 2.24) is 15.1 Å². The normalized spacial score (nSPS) is 25.2. The predicted molar refractivity (Wildman–Crippen MR) is 133 cm³/mol. The van der Waals surface area contributed by atoms with Gasteiger partial charge in [-0.15, -0.1) is 0 Å². The Kier molecular flexibility index (Phi) is 6.60. The van der Waals surface area contributed by atoms with Gasteiger partial charge in [0.2, 0.25) is 0 Å². The van der Waals surface area contributed by atoms with E-state index in [0.717, 1.165) is 64.6 Å². The lowest BCUT2D eigenvalue weighted by Gasteiger charge is -2.48. The van der Waals surface area contributed by atoms with Crippen LogP contribution in [0.25, 0.3) is 0 Å². The topological polar surface area (TPSA) is 101 Å². The molecule has 1 N–H and O–H groups in total. The summed E-state index contributed by atoms with van der Waals surface area (Å²) in [6.07, 6.45) is 8.17. The molecule has 2 aromatic rings. The van der Waals surface area contributed by atoms with Gasteiger partial charge in [0.15, 0.2) is 0 Å². The third-order valence-electron chi connectivity index (χ3n) is 8.82. The lowest BCUT2D eigenvalue weighted by Crippen LogP contribution is -2.56. The summed E-state index contributed by atoms with van der Waals surface area (Å²) in [5.41, 5.74) is 1.67. The fraction of sp³-hybridized carbons (Fsp3) is 0.667. The molecule has 1 unspecified atom stereocenters. The van der Waals surface area contributed by atoms with Crippen molar-refractivity contribution in [3.05, 3.63) is 35.7 Å². The zero-order chi connectivity index (χ0) is 24.5. The molecule has 0 radical (unpaired) electrons. The van der Waals surface area contributed by atoms with E-state index in [2.05, 4.69) is 39.4 Å². The summed E-state index contributed by atoms with van der Waals surface area (Å²) < 4.78 is 17.1. The second-order valence-electron chi connectivity index (χ2n) is 11.2. The van der Waals surface area contributed by atoms with Crippen molar-refractivity contribution in [1.29, 1.82) is 0 Å². The van der Waals surface area contributed by atoms with Crippen molar-refractivity contribution in [2.75, 3.05) is 50.9 Å². The van der Waals surface area contributed by atoms with Crippen molar-refractivity contribution in [3.8, 4) is 5.75 Å². The number of rotatable bonds is 7. The zero-order valence-electron chi connectivity index (χ0n) is 20.8. The molecule has 4 aliphatic rings. The van der Waals surface area contributed by atoms with Crippen molar-refractivity contribution in [2.45, 2.75) is 56.9 Å². The van der Waals surface area contributed by atoms with Crippen molar-refractivity contribution < 1.29 is 23.8 Å². The molecule has 1 spiro atoms. The molecule has 194 valence electrons. The molecule has 1 aromatic carbocycles. The van der Waals surface area contributed by atoms with E-state index in [4.69, 9.17) is 19.0 Å². The van der Waals surface area contributed by atoms with E-state index in [-0.39, 0.29) is 5.89 Å². The summed E-state index contributed by atoms with van der Waals surface area (Å²) in [5, 5.41) is 16.5. The molecule has 1 aliphatic carbocycles. The molecule has 0 bridgehead atoms. The first-order valence-corrected chi connectivity index (χ1v) is 13.4. The summed E-state index contributed by atoms with van der Waals surface area (Å²) in [7, 11) is 0. The first kappa shape index (κ1) is 23.7. The number of likely N-dealkylation sites (tertiary alicyclic amines) is 1. The SMILES string of the molecule is O=C(O)c1nnc(N2CC3(CCC(N4CCC(c5ccccc5OCC5CCOCC5)CC4)C3)C2)o1. The highest BCUT2D eigenvalue weighted by Crippen LogP contribution is 2.49. The number of hydrogen-bond donors (Lipinski definition) is 1. The Hall–Kier alpha value is -2.65. The molecule has 4 heterocycles. The van der Waals surface area contributed by atoms with Crippen LogP contribution in [0.15, 0.2) is 28.7 Å². The van der Waals surface area contributed by atoms with Crippen LogP contribution in [0.2, 0.25) is 0 Å². The van der Waals surface area contributed by atoms with E-state index >= 15 is 0 Å². The number of para-hydroxylation sites is 1. The van der Waals surface area contributed by atoms with Crippen LogP contribution in [-0.4, -0.2) is 78.2 Å². The van der Waals surface area contributed by atoms with Crippen molar-refractivity contribution in [2.24, 2.45) is 11.3 Å². The number of anilines is 1. The van der Waals surface area contributed by atoms with Gasteiger partial charge in [-0.25, -0.2) is 4.79 Å². The second kappa shape index (κ2) is 10.0. The van der Waals surface area contributed by atoms with Crippen molar-refractivity contribution in [3.63, 3.8) is 0 Å². The Labute approximate surface area is 211 Å². The second-order valence-corrected chi connectivity index (χ2v) is 11.2. The van der Waals surface area contributed by atoms with Crippen LogP contribution in [0.3, 0.4) is 0 Å². The van der Waals surface area contributed by atoms with Gasteiger partial charge >= 0.3 is 17.9 Å². The highest BCUT2D eigenvalue weighted by molar-refractivity contribution is 5.82. The van der Waals surface area contributed by atoms with Crippen molar-refractivity contribution >= 4 is 12.0 Å². The van der Waals surface area contributed by atoms with Gasteiger partial charge in [-0.1, -0.05) is 28.4 Å². The van der Waals surface area contributed by atoms with Gasteiger partial charge in [0, 0.05) is 37.8 Å². The minimum atomic E-state index is -1.18. The average Bonchev–Trinajstić information content (AvgIpc) is 3.56. The Morgan fingerprint density at radius 3 is 2.61 bits per heavy atom. The molecule has 9 heteroatoms. The monoisotopic (exact) mass is 496 g/mol. The lowest BCUT2D eigenvalue weighted by atomic mass is 9.78. The summed E-state index contributed by atoms with van der Waals surface area (Å²) in [5.74, 6) is 0.715. The molecular formula is C27H36N4O5. The van der Waals surface area contributed by atoms with E-state index < -0.39 is 5.97 Å². The zero-order valence-corrected chi connectivity index (χ0v) is 20.8. The van der Waals surface area contributed by atoms with Gasteiger partial charge < -0.3 is 28.8 Å². The molecule has 4 fully saturated rings. The molecule has 1 aromatic heterocycles. The van der Waals surface area contributed by atoms with Gasteiger partial charge in [0.05, 0.1) is 6.61 Å². The lowest BCUT2D eigenvalue weighted by molar-refractivity contribution is 0.0494. The van der Waals surface area contributed by atoms with Gasteiger partial charge in [-0.05, 0) is 81.5 Å². The minimum Gasteiger partial charge on any atom is -0.493 e. The molecule has 9 nitrogen and oxygen atoms in total. The smallest absolute Gasteiger partial charge is 0.393 e.